The molecule has 0 aromatic heterocycles. The highest BCUT2D eigenvalue weighted by Gasteiger charge is 2.22. The molecule has 1 aromatic carbocycles. The van der Waals surface area contributed by atoms with E-state index in [9.17, 15) is 8.42 Å². The van der Waals surface area contributed by atoms with E-state index in [-0.39, 0.29) is 10.4 Å². The predicted molar refractivity (Wildman–Crippen MR) is 52.5 cm³/mol. The number of sulfone groups is 1. The maximum atomic E-state index is 11.3. The summed E-state index contributed by atoms with van der Waals surface area (Å²) in [5, 5.41) is 18.8. The average Bonchev–Trinajstić information content (AvgIpc) is 2.42. The van der Waals surface area contributed by atoms with Crippen LogP contribution in [0.25, 0.3) is 6.08 Å². The van der Waals surface area contributed by atoms with Gasteiger partial charge in [-0.2, -0.15) is 0 Å². The zero-order valence-corrected chi connectivity index (χ0v) is 7.90. The average molecular weight is 210 g/mol. The molecule has 0 saturated heterocycles. The lowest BCUT2D eigenvalue weighted by molar-refractivity contribution is 0.425. The first-order valence-electron chi connectivity index (χ1n) is 3.94. The lowest BCUT2D eigenvalue weighted by atomic mass is 9.80. The molecule has 72 valence electrons. The van der Waals surface area contributed by atoms with Gasteiger partial charge in [0.2, 0.25) is 0 Å². The predicted octanol–water partition coefficient (Wildman–Crippen LogP) is -0.876. The Balaban J connectivity index is 2.61. The third-order valence-electron chi connectivity index (χ3n) is 2.07. The van der Waals surface area contributed by atoms with Gasteiger partial charge in [-0.1, -0.05) is 12.1 Å². The van der Waals surface area contributed by atoms with Gasteiger partial charge in [0.25, 0.3) is 0 Å². The van der Waals surface area contributed by atoms with Crippen molar-refractivity contribution >= 4 is 28.5 Å². The Hall–Kier alpha value is -1.11. The number of fused-ring (bicyclic) bond motifs is 1. The summed E-state index contributed by atoms with van der Waals surface area (Å²) in [6.07, 6.45) is 1.44. The van der Waals surface area contributed by atoms with Crippen molar-refractivity contribution in [1.82, 2.24) is 0 Å². The standard InChI is InChI=1S/C8H7BO4S/c10-9(11)7-1-2-8-6(5-7)3-4-14(8,12)13/h1-5,10-11H. The number of rotatable bonds is 1. The van der Waals surface area contributed by atoms with Crippen molar-refractivity contribution in [3.8, 4) is 0 Å². The third-order valence-corrected chi connectivity index (χ3v) is 3.54. The summed E-state index contributed by atoms with van der Waals surface area (Å²) >= 11 is 0. The second-order valence-corrected chi connectivity index (χ2v) is 4.82. The van der Waals surface area contributed by atoms with Gasteiger partial charge in [-0.25, -0.2) is 8.42 Å². The summed E-state index contributed by atoms with van der Waals surface area (Å²) in [5.41, 5.74) is 0.779. The van der Waals surface area contributed by atoms with E-state index in [1.54, 1.807) is 0 Å². The van der Waals surface area contributed by atoms with Crippen molar-refractivity contribution in [3.63, 3.8) is 0 Å². The maximum absolute atomic E-state index is 11.3. The Morgan fingerprint density at radius 2 is 1.93 bits per heavy atom. The Morgan fingerprint density at radius 1 is 1.21 bits per heavy atom. The van der Waals surface area contributed by atoms with Crippen LogP contribution in [0.5, 0.6) is 0 Å². The third kappa shape index (κ3) is 1.37. The Morgan fingerprint density at radius 3 is 2.57 bits per heavy atom. The van der Waals surface area contributed by atoms with Crippen LogP contribution in [0.2, 0.25) is 0 Å². The molecule has 0 atom stereocenters. The van der Waals surface area contributed by atoms with Crippen molar-refractivity contribution < 1.29 is 18.5 Å². The summed E-state index contributed by atoms with van der Waals surface area (Å²) < 4.78 is 22.6. The van der Waals surface area contributed by atoms with E-state index in [4.69, 9.17) is 10.0 Å². The molecule has 4 nitrogen and oxygen atoms in total. The molecule has 0 aliphatic carbocycles. The first-order valence-corrected chi connectivity index (χ1v) is 5.48. The van der Waals surface area contributed by atoms with Crippen molar-refractivity contribution in [2.24, 2.45) is 0 Å². The fourth-order valence-electron chi connectivity index (χ4n) is 1.35. The molecule has 1 aliphatic rings. The molecule has 0 amide bonds. The smallest absolute Gasteiger partial charge is 0.423 e. The molecule has 2 rings (SSSR count). The van der Waals surface area contributed by atoms with Gasteiger partial charge in [0.1, 0.15) is 0 Å². The maximum Gasteiger partial charge on any atom is 0.488 e. The monoisotopic (exact) mass is 210 g/mol. The molecule has 1 aliphatic heterocycles. The molecule has 0 fully saturated rings. The highest BCUT2D eigenvalue weighted by atomic mass is 32.2. The second kappa shape index (κ2) is 2.95. The van der Waals surface area contributed by atoms with Crippen LogP contribution in [0, 0.1) is 0 Å². The van der Waals surface area contributed by atoms with Gasteiger partial charge in [0.15, 0.2) is 9.84 Å². The van der Waals surface area contributed by atoms with Crippen LogP contribution in [-0.2, 0) is 9.84 Å². The first kappa shape index (κ1) is 9.45. The van der Waals surface area contributed by atoms with Gasteiger partial charge in [0.05, 0.1) is 4.90 Å². The van der Waals surface area contributed by atoms with E-state index >= 15 is 0 Å². The van der Waals surface area contributed by atoms with Gasteiger partial charge in [0, 0.05) is 5.41 Å². The first-order chi connectivity index (χ1) is 6.50. The lowest BCUT2D eigenvalue weighted by Gasteiger charge is -2.02. The normalized spacial score (nSPS) is 16.7. The van der Waals surface area contributed by atoms with Crippen LogP contribution in [0.4, 0.5) is 0 Å². The fraction of sp³-hybridized carbons (Fsp3) is 0. The van der Waals surface area contributed by atoms with Crippen LogP contribution in [0.3, 0.4) is 0 Å². The van der Waals surface area contributed by atoms with E-state index in [0.29, 0.717) is 5.56 Å². The Labute approximate surface area is 81.6 Å². The van der Waals surface area contributed by atoms with Gasteiger partial charge in [-0.15, -0.1) is 0 Å². The molecular weight excluding hydrogens is 203 g/mol. The molecule has 0 unspecified atom stereocenters. The van der Waals surface area contributed by atoms with E-state index in [0.717, 1.165) is 5.41 Å². The highest BCUT2D eigenvalue weighted by molar-refractivity contribution is 7.94. The molecule has 0 spiro atoms. The van der Waals surface area contributed by atoms with Gasteiger partial charge < -0.3 is 10.0 Å². The number of benzene rings is 1. The lowest BCUT2D eigenvalue weighted by Crippen LogP contribution is -2.29. The summed E-state index contributed by atoms with van der Waals surface area (Å²) in [6, 6.07) is 4.20. The zero-order valence-electron chi connectivity index (χ0n) is 7.08. The number of hydrogen-bond donors (Lipinski definition) is 2. The minimum Gasteiger partial charge on any atom is -0.423 e. The second-order valence-electron chi connectivity index (χ2n) is 3.02. The van der Waals surface area contributed by atoms with Gasteiger partial charge in [-0.3, -0.25) is 0 Å². The largest absolute Gasteiger partial charge is 0.488 e. The zero-order chi connectivity index (χ0) is 10.3. The summed E-state index contributed by atoms with van der Waals surface area (Å²) in [5.74, 6) is 0. The van der Waals surface area contributed by atoms with E-state index in [1.807, 2.05) is 0 Å². The quantitative estimate of drug-likeness (QED) is 0.590. The molecule has 1 heterocycles. The molecule has 1 aromatic rings. The SMILES string of the molecule is O=S1(=O)C=Cc2cc(B(O)O)ccc21. The van der Waals surface area contributed by atoms with Crippen molar-refractivity contribution in [3.05, 3.63) is 29.2 Å². The summed E-state index contributed by atoms with van der Waals surface area (Å²) in [7, 11) is -4.86. The van der Waals surface area contributed by atoms with Gasteiger partial charge in [-0.05, 0) is 23.2 Å². The Bertz CT molecular complexity index is 504. The highest BCUT2D eigenvalue weighted by Crippen LogP contribution is 2.25. The molecule has 0 saturated carbocycles. The van der Waals surface area contributed by atoms with Crippen LogP contribution in [0.15, 0.2) is 28.5 Å². The van der Waals surface area contributed by atoms with Gasteiger partial charge >= 0.3 is 7.12 Å². The van der Waals surface area contributed by atoms with Crippen molar-refractivity contribution in [2.45, 2.75) is 4.90 Å². The molecule has 14 heavy (non-hydrogen) atoms. The number of hydrogen-bond acceptors (Lipinski definition) is 4. The fourth-order valence-corrected chi connectivity index (χ4v) is 2.54. The van der Waals surface area contributed by atoms with Crippen LogP contribution in [0.1, 0.15) is 5.56 Å². The van der Waals surface area contributed by atoms with Crippen molar-refractivity contribution in [1.29, 1.82) is 0 Å². The summed E-state index contributed by atoms with van der Waals surface area (Å²) in [6.45, 7) is 0. The van der Waals surface area contributed by atoms with Crippen molar-refractivity contribution in [2.75, 3.05) is 0 Å². The topological polar surface area (TPSA) is 74.6 Å². The van der Waals surface area contributed by atoms with E-state index in [1.165, 1.54) is 24.3 Å². The van der Waals surface area contributed by atoms with Crippen LogP contribution < -0.4 is 5.46 Å². The van der Waals surface area contributed by atoms with Crippen LogP contribution >= 0.6 is 0 Å². The molecule has 2 N–H and O–H groups in total. The molecule has 0 bridgehead atoms. The van der Waals surface area contributed by atoms with Crippen LogP contribution in [-0.4, -0.2) is 25.6 Å². The minimum atomic E-state index is -3.29. The van der Waals surface area contributed by atoms with E-state index in [2.05, 4.69) is 0 Å². The molecule has 0 radical (unpaired) electrons. The minimum absolute atomic E-state index is 0.210. The molecule has 6 heteroatoms. The summed E-state index contributed by atoms with van der Waals surface area (Å²) in [4.78, 5) is 0.210. The molecular formula is C8H7BO4S. The Kier molecular flexibility index (Phi) is 1.99. The van der Waals surface area contributed by atoms with E-state index < -0.39 is 17.0 Å².